The molecule has 0 aliphatic carbocycles. The second kappa shape index (κ2) is 4.94. The fourth-order valence-corrected chi connectivity index (χ4v) is 1.23. The van der Waals surface area contributed by atoms with Crippen LogP contribution in [0.25, 0.3) is 0 Å². The number of hydrogen-bond donors (Lipinski definition) is 2. The van der Waals surface area contributed by atoms with Crippen molar-refractivity contribution in [2.45, 2.75) is 13.5 Å². The van der Waals surface area contributed by atoms with Gasteiger partial charge in [0.1, 0.15) is 0 Å². The van der Waals surface area contributed by atoms with Crippen LogP contribution in [0.2, 0.25) is 0 Å². The van der Waals surface area contributed by atoms with Crippen molar-refractivity contribution < 1.29 is 2.85 Å². The molecule has 0 saturated heterocycles. The van der Waals surface area contributed by atoms with Crippen LogP contribution in [-0.2, 0) is 6.54 Å². The highest BCUT2D eigenvalue weighted by atomic mass is 32.1. The summed E-state index contributed by atoms with van der Waals surface area (Å²) in [6, 6.07) is 8.22. The van der Waals surface area contributed by atoms with Gasteiger partial charge in [-0.1, -0.05) is 24.4 Å². The Bertz CT molecular complexity index is 288. The van der Waals surface area contributed by atoms with Gasteiger partial charge in [0, 0.05) is 15.1 Å². The molecule has 2 nitrogen and oxygen atoms in total. The zero-order valence-corrected chi connectivity index (χ0v) is 8.74. The number of rotatable bonds is 3. The molecule has 0 heterocycles. The van der Waals surface area contributed by atoms with Crippen molar-refractivity contribution in [3.8, 4) is 0 Å². The van der Waals surface area contributed by atoms with Gasteiger partial charge in [-0.2, -0.15) is 0 Å². The minimum absolute atomic E-state index is 0. The molecule has 2 N–H and O–H groups in total. The van der Waals surface area contributed by atoms with E-state index in [0.29, 0.717) is 0 Å². The van der Waals surface area contributed by atoms with E-state index in [1.807, 2.05) is 26.1 Å². The van der Waals surface area contributed by atoms with Gasteiger partial charge in [-0.3, -0.25) is 0 Å². The number of thiocarbonyl (C=S) groups is 1. The Morgan fingerprint density at radius 2 is 2.00 bits per heavy atom. The van der Waals surface area contributed by atoms with Crippen molar-refractivity contribution in [2.24, 2.45) is 0 Å². The Morgan fingerprint density at radius 3 is 2.46 bits per heavy atom. The first-order chi connectivity index (χ1) is 6.22. The average molecular weight is 198 g/mol. The molecule has 0 aliphatic heterocycles. The molecule has 0 amide bonds. The minimum atomic E-state index is 0. The van der Waals surface area contributed by atoms with Crippen molar-refractivity contribution in [2.75, 3.05) is 12.4 Å². The van der Waals surface area contributed by atoms with Crippen LogP contribution in [0, 0.1) is 0 Å². The lowest BCUT2D eigenvalue weighted by Crippen LogP contribution is -2.06. The van der Waals surface area contributed by atoms with Gasteiger partial charge in [0.15, 0.2) is 0 Å². The molecule has 1 aromatic rings. The van der Waals surface area contributed by atoms with Crippen LogP contribution in [0.4, 0.5) is 5.69 Å². The fourth-order valence-electron chi connectivity index (χ4n) is 1.11. The summed E-state index contributed by atoms with van der Waals surface area (Å²) in [5.74, 6) is 0. The second-order valence-electron chi connectivity index (χ2n) is 2.91. The molecule has 0 aromatic heterocycles. The highest BCUT2D eigenvalue weighted by Gasteiger charge is 1.93. The van der Waals surface area contributed by atoms with Crippen molar-refractivity contribution in [1.29, 1.82) is 0 Å². The van der Waals surface area contributed by atoms with Crippen molar-refractivity contribution >= 4 is 22.9 Å². The third-order valence-corrected chi connectivity index (χ3v) is 1.76. The normalized spacial score (nSPS) is 9.69. The van der Waals surface area contributed by atoms with E-state index in [2.05, 4.69) is 22.8 Å². The van der Waals surface area contributed by atoms with Gasteiger partial charge < -0.3 is 10.6 Å². The van der Waals surface area contributed by atoms with E-state index in [4.69, 9.17) is 12.2 Å². The van der Waals surface area contributed by atoms with Crippen molar-refractivity contribution in [3.63, 3.8) is 0 Å². The standard InChI is InChI=1S/C10H14N2S.2H2/c1-8(13)12-10-5-3-9(4-6-10)7-11-2;;/h3-6,11H,7H2,1-2H3,(H,12,13);2*1H. The van der Waals surface area contributed by atoms with Crippen LogP contribution >= 0.6 is 12.2 Å². The molecule has 1 aromatic carbocycles. The van der Waals surface area contributed by atoms with Gasteiger partial charge >= 0.3 is 0 Å². The molecule has 0 saturated carbocycles. The maximum Gasteiger partial charge on any atom is 0.0765 e. The lowest BCUT2D eigenvalue weighted by atomic mass is 10.2. The van der Waals surface area contributed by atoms with Gasteiger partial charge in [-0.25, -0.2) is 0 Å². The molecule has 0 radical (unpaired) electrons. The minimum Gasteiger partial charge on any atom is -0.350 e. The van der Waals surface area contributed by atoms with Gasteiger partial charge in [-0.05, 0) is 31.7 Å². The van der Waals surface area contributed by atoms with Crippen LogP contribution in [-0.4, -0.2) is 12.0 Å². The summed E-state index contributed by atoms with van der Waals surface area (Å²) in [5.41, 5.74) is 2.32. The summed E-state index contributed by atoms with van der Waals surface area (Å²) >= 11 is 4.94. The van der Waals surface area contributed by atoms with Crippen LogP contribution in [0.15, 0.2) is 24.3 Å². The first-order valence-electron chi connectivity index (χ1n) is 4.23. The average Bonchev–Trinajstić information content (AvgIpc) is 2.08. The van der Waals surface area contributed by atoms with Crippen LogP contribution in [0.5, 0.6) is 0 Å². The van der Waals surface area contributed by atoms with E-state index in [9.17, 15) is 0 Å². The molecule has 3 heteroatoms. The topological polar surface area (TPSA) is 24.1 Å². The lowest BCUT2D eigenvalue weighted by Gasteiger charge is -2.05. The summed E-state index contributed by atoms with van der Waals surface area (Å²) < 4.78 is 0. The van der Waals surface area contributed by atoms with E-state index in [1.54, 1.807) is 0 Å². The van der Waals surface area contributed by atoms with E-state index < -0.39 is 0 Å². The maximum absolute atomic E-state index is 4.94. The number of nitrogens with one attached hydrogen (secondary N) is 2. The Kier molecular flexibility index (Phi) is 3.86. The number of benzene rings is 1. The lowest BCUT2D eigenvalue weighted by molar-refractivity contribution is 0.818. The van der Waals surface area contributed by atoms with E-state index >= 15 is 0 Å². The van der Waals surface area contributed by atoms with Gasteiger partial charge in [0.05, 0.1) is 4.99 Å². The molecular weight excluding hydrogens is 180 g/mol. The second-order valence-corrected chi connectivity index (χ2v) is 3.52. The number of hydrogen-bond acceptors (Lipinski definition) is 2. The molecular formula is C10H18N2S. The molecule has 74 valence electrons. The van der Waals surface area contributed by atoms with E-state index in [-0.39, 0.29) is 2.85 Å². The van der Waals surface area contributed by atoms with Crippen LogP contribution < -0.4 is 10.6 Å². The summed E-state index contributed by atoms with van der Waals surface area (Å²) in [5, 5.41) is 6.18. The molecule has 0 fully saturated rings. The van der Waals surface area contributed by atoms with Crippen LogP contribution in [0.3, 0.4) is 0 Å². The maximum atomic E-state index is 4.94. The molecule has 1 rings (SSSR count). The fraction of sp³-hybridized carbons (Fsp3) is 0.300. The van der Waals surface area contributed by atoms with Crippen LogP contribution in [0.1, 0.15) is 15.3 Å². The molecule has 13 heavy (non-hydrogen) atoms. The summed E-state index contributed by atoms with van der Waals surface area (Å²) in [6.45, 7) is 2.77. The van der Waals surface area contributed by atoms with Gasteiger partial charge in [0.2, 0.25) is 0 Å². The SMILES string of the molecule is CNCc1ccc(NC(C)=S)cc1.[HH].[HH]. The highest BCUT2D eigenvalue weighted by molar-refractivity contribution is 7.80. The Balaban J connectivity index is 0. The zero-order valence-electron chi connectivity index (χ0n) is 7.92. The highest BCUT2D eigenvalue weighted by Crippen LogP contribution is 2.09. The first kappa shape index (κ1) is 10.2. The smallest absolute Gasteiger partial charge is 0.0765 e. The van der Waals surface area contributed by atoms with Crippen molar-refractivity contribution in [1.82, 2.24) is 5.32 Å². The largest absolute Gasteiger partial charge is 0.350 e. The third kappa shape index (κ3) is 3.53. The molecule has 0 unspecified atom stereocenters. The first-order valence-corrected chi connectivity index (χ1v) is 4.64. The molecule has 0 aliphatic rings. The molecule has 0 atom stereocenters. The zero-order chi connectivity index (χ0) is 9.68. The quantitative estimate of drug-likeness (QED) is 0.730. The van der Waals surface area contributed by atoms with E-state index in [1.165, 1.54) is 5.56 Å². The Morgan fingerprint density at radius 1 is 1.38 bits per heavy atom. The van der Waals surface area contributed by atoms with Gasteiger partial charge in [0.25, 0.3) is 0 Å². The Labute approximate surface area is 87.3 Å². The summed E-state index contributed by atoms with van der Waals surface area (Å²) in [6.07, 6.45) is 0. The Hall–Kier alpha value is -0.930. The third-order valence-electron chi connectivity index (χ3n) is 1.66. The number of anilines is 1. The van der Waals surface area contributed by atoms with Gasteiger partial charge in [-0.15, -0.1) is 0 Å². The molecule has 0 bridgehead atoms. The predicted octanol–water partition coefficient (Wildman–Crippen LogP) is 2.66. The predicted molar refractivity (Wildman–Crippen MR) is 65.3 cm³/mol. The summed E-state index contributed by atoms with van der Waals surface area (Å²) in [4.78, 5) is 0.793. The molecule has 0 spiro atoms. The van der Waals surface area contributed by atoms with E-state index in [0.717, 1.165) is 17.2 Å². The monoisotopic (exact) mass is 198 g/mol. The van der Waals surface area contributed by atoms with Crippen molar-refractivity contribution in [3.05, 3.63) is 29.8 Å². The summed E-state index contributed by atoms with van der Waals surface area (Å²) in [7, 11) is 1.94.